The molecule has 0 saturated carbocycles. The van der Waals surface area contributed by atoms with Crippen LogP contribution in [0.5, 0.6) is 0 Å². The summed E-state index contributed by atoms with van der Waals surface area (Å²) < 4.78 is 27.4. The lowest BCUT2D eigenvalue weighted by Crippen LogP contribution is -2.27. The summed E-state index contributed by atoms with van der Waals surface area (Å²) in [6, 6.07) is 14.5. The van der Waals surface area contributed by atoms with Crippen molar-refractivity contribution in [2.24, 2.45) is 0 Å². The Bertz CT molecular complexity index is 1350. The van der Waals surface area contributed by atoms with Crippen molar-refractivity contribution in [1.29, 1.82) is 5.26 Å². The largest absolute Gasteiger partial charge is 0.506 e. The van der Waals surface area contributed by atoms with Crippen molar-refractivity contribution in [3.63, 3.8) is 0 Å². The Morgan fingerprint density at radius 1 is 1.10 bits per heavy atom. The quantitative estimate of drug-likeness (QED) is 0.493. The number of benzene rings is 2. The molecule has 0 radical (unpaired) electrons. The first kappa shape index (κ1) is 20.2. The van der Waals surface area contributed by atoms with Crippen LogP contribution in [0.15, 0.2) is 58.2 Å². The monoisotopic (exact) mass is 439 g/mol. The molecule has 152 valence electrons. The zero-order chi connectivity index (χ0) is 21.3. The minimum Gasteiger partial charge on any atom is -0.506 e. The van der Waals surface area contributed by atoms with Crippen LogP contribution in [-0.2, 0) is 10.0 Å². The van der Waals surface area contributed by atoms with Crippen LogP contribution in [0.2, 0.25) is 0 Å². The first-order chi connectivity index (χ1) is 14.4. The molecule has 0 aliphatic carbocycles. The van der Waals surface area contributed by atoms with Gasteiger partial charge in [-0.1, -0.05) is 12.1 Å². The SMILES string of the molecule is N#C/C(=C(/O)c1ccc(S(=O)(=O)N2CCCC2)cc1)c1nc(=O)c2ccccc2s1. The molecule has 2 aromatic carbocycles. The molecule has 1 aliphatic rings. The Balaban J connectivity index is 1.74. The van der Waals surface area contributed by atoms with E-state index in [1.165, 1.54) is 28.6 Å². The van der Waals surface area contributed by atoms with Crippen LogP contribution in [0, 0.1) is 11.3 Å². The van der Waals surface area contributed by atoms with Gasteiger partial charge in [-0.15, -0.1) is 11.3 Å². The number of aliphatic hydroxyl groups excluding tert-OH is 1. The van der Waals surface area contributed by atoms with E-state index in [0.717, 1.165) is 24.2 Å². The molecule has 1 aromatic heterocycles. The van der Waals surface area contributed by atoms with Gasteiger partial charge in [-0.05, 0) is 49.2 Å². The Morgan fingerprint density at radius 2 is 1.77 bits per heavy atom. The zero-order valence-electron chi connectivity index (χ0n) is 15.8. The predicted molar refractivity (Wildman–Crippen MR) is 115 cm³/mol. The Labute approximate surface area is 177 Å². The maximum Gasteiger partial charge on any atom is 0.279 e. The fourth-order valence-corrected chi connectivity index (χ4v) is 5.84. The number of aromatic nitrogens is 1. The van der Waals surface area contributed by atoms with Gasteiger partial charge in [0.05, 0.1) is 10.3 Å². The van der Waals surface area contributed by atoms with Gasteiger partial charge >= 0.3 is 0 Å². The molecule has 1 N–H and O–H groups in total. The van der Waals surface area contributed by atoms with Crippen molar-refractivity contribution in [2.45, 2.75) is 17.7 Å². The molecule has 1 aliphatic heterocycles. The molecule has 0 bridgehead atoms. The van der Waals surface area contributed by atoms with Crippen LogP contribution >= 0.6 is 11.3 Å². The summed E-state index contributed by atoms with van der Waals surface area (Å²) in [6.07, 6.45) is 1.68. The third kappa shape index (κ3) is 3.61. The van der Waals surface area contributed by atoms with E-state index in [0.29, 0.717) is 23.2 Å². The van der Waals surface area contributed by atoms with E-state index in [-0.39, 0.29) is 26.8 Å². The molecule has 7 nitrogen and oxygen atoms in total. The fourth-order valence-electron chi connectivity index (χ4n) is 3.33. The molecular weight excluding hydrogens is 422 g/mol. The second-order valence-electron chi connectivity index (χ2n) is 6.79. The highest BCUT2D eigenvalue weighted by Gasteiger charge is 2.27. The minimum atomic E-state index is -3.57. The average molecular weight is 440 g/mol. The Hall–Kier alpha value is -3.06. The maximum atomic E-state index is 12.6. The van der Waals surface area contributed by atoms with Gasteiger partial charge in [-0.3, -0.25) is 4.79 Å². The number of rotatable bonds is 4. The van der Waals surface area contributed by atoms with E-state index >= 15 is 0 Å². The van der Waals surface area contributed by atoms with Crippen LogP contribution in [-0.4, -0.2) is 35.9 Å². The first-order valence-corrected chi connectivity index (χ1v) is 11.5. The summed E-state index contributed by atoms with van der Waals surface area (Å²) in [7, 11) is -3.57. The summed E-state index contributed by atoms with van der Waals surface area (Å²) in [4.78, 5) is 16.4. The number of nitrogens with zero attached hydrogens (tertiary/aromatic N) is 3. The lowest BCUT2D eigenvalue weighted by Gasteiger charge is -2.15. The van der Waals surface area contributed by atoms with E-state index in [1.54, 1.807) is 24.3 Å². The number of allylic oxidation sites excluding steroid dienone is 1. The number of fused-ring (bicyclic) bond motifs is 1. The molecule has 2 heterocycles. The zero-order valence-corrected chi connectivity index (χ0v) is 17.4. The fraction of sp³-hybridized carbons (Fsp3) is 0.190. The molecule has 30 heavy (non-hydrogen) atoms. The van der Waals surface area contributed by atoms with Gasteiger partial charge in [0.25, 0.3) is 5.56 Å². The molecule has 0 spiro atoms. The van der Waals surface area contributed by atoms with Crippen LogP contribution in [0.1, 0.15) is 23.4 Å². The van der Waals surface area contributed by atoms with Gasteiger partial charge < -0.3 is 5.11 Å². The molecule has 3 aromatic rings. The van der Waals surface area contributed by atoms with Crippen LogP contribution in [0.3, 0.4) is 0 Å². The molecule has 1 fully saturated rings. The Kier molecular flexibility index (Phi) is 5.39. The van der Waals surface area contributed by atoms with E-state index in [9.17, 15) is 23.6 Å². The second-order valence-corrected chi connectivity index (χ2v) is 9.76. The van der Waals surface area contributed by atoms with Crippen molar-refractivity contribution in [3.8, 4) is 6.07 Å². The summed E-state index contributed by atoms with van der Waals surface area (Å²) in [5.74, 6) is -0.360. The molecule has 0 unspecified atom stereocenters. The lowest BCUT2D eigenvalue weighted by atomic mass is 10.1. The van der Waals surface area contributed by atoms with Gasteiger partial charge in [0.15, 0.2) is 0 Å². The average Bonchev–Trinajstić information content (AvgIpc) is 3.30. The first-order valence-electron chi connectivity index (χ1n) is 9.26. The summed E-state index contributed by atoms with van der Waals surface area (Å²) >= 11 is 1.13. The summed E-state index contributed by atoms with van der Waals surface area (Å²) in [5.41, 5.74) is -0.355. The van der Waals surface area contributed by atoms with E-state index in [2.05, 4.69) is 4.98 Å². The normalized spacial score (nSPS) is 15.7. The van der Waals surface area contributed by atoms with Crippen LogP contribution in [0.25, 0.3) is 21.4 Å². The minimum absolute atomic E-state index is 0.104. The van der Waals surface area contributed by atoms with Gasteiger partial charge in [-0.25, -0.2) is 8.42 Å². The van der Waals surface area contributed by atoms with Crippen molar-refractivity contribution in [1.82, 2.24) is 9.29 Å². The molecule has 0 atom stereocenters. The molecular formula is C21H17N3O4S2. The smallest absolute Gasteiger partial charge is 0.279 e. The van der Waals surface area contributed by atoms with Gasteiger partial charge in [0.1, 0.15) is 22.4 Å². The van der Waals surface area contributed by atoms with Crippen molar-refractivity contribution in [3.05, 3.63) is 69.5 Å². The molecule has 9 heteroatoms. The topological polar surface area (TPSA) is 111 Å². The highest BCUT2D eigenvalue weighted by Crippen LogP contribution is 2.29. The summed E-state index contributed by atoms with van der Waals surface area (Å²) in [6.45, 7) is 1.00. The standard InChI is InChI=1S/C21H17N3O4S2/c22-13-17(21-23-20(26)16-5-1-2-6-18(16)29-21)19(25)14-7-9-15(10-8-14)30(27,28)24-11-3-4-12-24/h1-2,5-10,25H,3-4,11-12H2/b19-17-. The number of sulfonamides is 1. The highest BCUT2D eigenvalue weighted by molar-refractivity contribution is 7.89. The molecule has 0 amide bonds. The van der Waals surface area contributed by atoms with Crippen LogP contribution < -0.4 is 5.56 Å². The van der Waals surface area contributed by atoms with Gasteiger partial charge in [-0.2, -0.15) is 14.6 Å². The summed E-state index contributed by atoms with van der Waals surface area (Å²) in [5, 5.41) is 20.8. The van der Waals surface area contributed by atoms with Crippen molar-refractivity contribution in [2.75, 3.05) is 13.1 Å². The second kappa shape index (κ2) is 7.99. The van der Waals surface area contributed by atoms with Crippen LogP contribution in [0.4, 0.5) is 0 Å². The van der Waals surface area contributed by atoms with E-state index in [1.807, 2.05) is 6.07 Å². The third-order valence-corrected chi connectivity index (χ3v) is 7.90. The lowest BCUT2D eigenvalue weighted by molar-refractivity contribution is 0.477. The Morgan fingerprint density at radius 3 is 2.43 bits per heavy atom. The number of hydrogen-bond donors (Lipinski definition) is 1. The van der Waals surface area contributed by atoms with Gasteiger partial charge in [0, 0.05) is 23.4 Å². The van der Waals surface area contributed by atoms with Gasteiger partial charge in [0.2, 0.25) is 10.0 Å². The van der Waals surface area contributed by atoms with Crippen molar-refractivity contribution < 1.29 is 13.5 Å². The number of hydrogen-bond acceptors (Lipinski definition) is 7. The molecule has 4 rings (SSSR count). The van der Waals surface area contributed by atoms with Crippen molar-refractivity contribution >= 4 is 42.8 Å². The number of aliphatic hydroxyl groups is 1. The third-order valence-electron chi connectivity index (χ3n) is 4.92. The van der Waals surface area contributed by atoms with E-state index < -0.39 is 15.6 Å². The highest BCUT2D eigenvalue weighted by atomic mass is 32.2. The van der Waals surface area contributed by atoms with E-state index in [4.69, 9.17) is 0 Å². The molecule has 1 saturated heterocycles. The predicted octanol–water partition coefficient (Wildman–Crippen LogP) is 3.39. The maximum absolute atomic E-state index is 12.6. The number of nitriles is 1.